The molecule has 36 heavy (non-hydrogen) atoms. The summed E-state index contributed by atoms with van der Waals surface area (Å²) in [5, 5.41) is 9.69. The van der Waals surface area contributed by atoms with Gasteiger partial charge in [-0.2, -0.15) is 5.26 Å². The Labute approximate surface area is 208 Å². The van der Waals surface area contributed by atoms with Crippen molar-refractivity contribution in [3.63, 3.8) is 0 Å². The van der Waals surface area contributed by atoms with Gasteiger partial charge >= 0.3 is 5.97 Å². The summed E-state index contributed by atoms with van der Waals surface area (Å²) in [6, 6.07) is 19.1. The molecular formula is C28H24N2O6. The number of nitriles is 1. The smallest absolute Gasteiger partial charge is 0.343 e. The third kappa shape index (κ3) is 4.86. The molecule has 0 fully saturated rings. The summed E-state index contributed by atoms with van der Waals surface area (Å²) in [6.07, 6.45) is 2.24. The van der Waals surface area contributed by atoms with Crippen molar-refractivity contribution in [3.8, 4) is 29.1 Å². The van der Waals surface area contributed by atoms with Gasteiger partial charge in [-0.1, -0.05) is 24.3 Å². The van der Waals surface area contributed by atoms with E-state index in [9.17, 15) is 14.9 Å². The fourth-order valence-corrected chi connectivity index (χ4v) is 3.98. The van der Waals surface area contributed by atoms with Crippen molar-refractivity contribution in [1.82, 2.24) is 0 Å². The molecule has 1 aliphatic heterocycles. The Bertz CT molecular complexity index is 1390. The molecule has 0 aromatic heterocycles. The van der Waals surface area contributed by atoms with Crippen LogP contribution in [-0.4, -0.2) is 39.8 Å². The minimum absolute atomic E-state index is 0.0103. The molecule has 8 heteroatoms. The zero-order valence-corrected chi connectivity index (χ0v) is 20.1. The second kappa shape index (κ2) is 10.7. The van der Waals surface area contributed by atoms with Gasteiger partial charge in [0.2, 0.25) is 0 Å². The SMILES string of the molecule is COc1ccc(C(=O)Oc2ccc(C=C(C#N)C(=O)N3CCc4ccccc43)cc2OC)cc1OC. The Kier molecular flexibility index (Phi) is 7.21. The molecule has 3 aromatic rings. The molecule has 0 N–H and O–H groups in total. The van der Waals surface area contributed by atoms with E-state index in [4.69, 9.17) is 18.9 Å². The van der Waals surface area contributed by atoms with Crippen molar-refractivity contribution >= 4 is 23.6 Å². The van der Waals surface area contributed by atoms with Crippen LogP contribution in [0.15, 0.2) is 66.2 Å². The average Bonchev–Trinajstić information content (AvgIpc) is 3.35. The number of para-hydroxylation sites is 1. The third-order valence-electron chi connectivity index (χ3n) is 5.80. The minimum Gasteiger partial charge on any atom is -0.493 e. The highest BCUT2D eigenvalue weighted by Crippen LogP contribution is 2.33. The van der Waals surface area contributed by atoms with Crippen LogP contribution in [-0.2, 0) is 11.2 Å². The number of amides is 1. The maximum Gasteiger partial charge on any atom is 0.343 e. The van der Waals surface area contributed by atoms with E-state index in [-0.39, 0.29) is 28.5 Å². The number of carbonyl (C=O) groups is 2. The second-order valence-electron chi connectivity index (χ2n) is 7.87. The molecular weight excluding hydrogens is 460 g/mol. The molecule has 0 saturated carbocycles. The van der Waals surface area contributed by atoms with Gasteiger partial charge in [-0.3, -0.25) is 4.79 Å². The number of fused-ring (bicyclic) bond motifs is 1. The second-order valence-corrected chi connectivity index (χ2v) is 7.87. The fourth-order valence-electron chi connectivity index (χ4n) is 3.98. The lowest BCUT2D eigenvalue weighted by molar-refractivity contribution is -0.114. The summed E-state index contributed by atoms with van der Waals surface area (Å²) >= 11 is 0. The van der Waals surface area contributed by atoms with Gasteiger partial charge in [-0.05, 0) is 60.0 Å². The van der Waals surface area contributed by atoms with Gasteiger partial charge in [0.05, 0.1) is 26.9 Å². The van der Waals surface area contributed by atoms with Crippen molar-refractivity contribution in [2.24, 2.45) is 0 Å². The van der Waals surface area contributed by atoms with Gasteiger partial charge < -0.3 is 23.8 Å². The van der Waals surface area contributed by atoms with Gasteiger partial charge in [-0.15, -0.1) is 0 Å². The van der Waals surface area contributed by atoms with E-state index in [0.717, 1.165) is 17.7 Å². The molecule has 8 nitrogen and oxygen atoms in total. The van der Waals surface area contributed by atoms with Crippen LogP contribution in [0.5, 0.6) is 23.0 Å². The Morgan fingerprint density at radius 1 is 0.889 bits per heavy atom. The first-order chi connectivity index (χ1) is 17.5. The van der Waals surface area contributed by atoms with Gasteiger partial charge in [0, 0.05) is 12.2 Å². The standard InChI is InChI=1S/C28H24N2O6/c1-33-23-11-9-20(16-26(23)35-3)28(32)36-24-10-8-18(15-25(24)34-2)14-21(17-29)27(31)30-13-12-19-6-4-5-7-22(19)30/h4-11,14-16H,12-13H2,1-3H3. The lowest BCUT2D eigenvalue weighted by Gasteiger charge is -2.16. The molecule has 0 unspecified atom stereocenters. The largest absolute Gasteiger partial charge is 0.493 e. The van der Waals surface area contributed by atoms with E-state index in [2.05, 4.69) is 0 Å². The first kappa shape index (κ1) is 24.4. The Morgan fingerprint density at radius 3 is 2.31 bits per heavy atom. The van der Waals surface area contributed by atoms with Crippen LogP contribution >= 0.6 is 0 Å². The molecule has 0 saturated heterocycles. The normalized spacial score (nSPS) is 12.4. The van der Waals surface area contributed by atoms with E-state index in [0.29, 0.717) is 23.6 Å². The molecule has 0 aliphatic carbocycles. The molecule has 182 valence electrons. The van der Waals surface area contributed by atoms with Crippen molar-refractivity contribution in [2.45, 2.75) is 6.42 Å². The summed E-state index contributed by atoms with van der Waals surface area (Å²) in [6.45, 7) is 0.519. The number of hydrogen-bond donors (Lipinski definition) is 0. The van der Waals surface area contributed by atoms with Crippen molar-refractivity contribution in [3.05, 3.63) is 82.9 Å². The molecule has 0 bridgehead atoms. The van der Waals surface area contributed by atoms with Gasteiger partial charge in [0.15, 0.2) is 23.0 Å². The molecule has 1 heterocycles. The maximum absolute atomic E-state index is 13.1. The number of hydrogen-bond acceptors (Lipinski definition) is 7. The number of esters is 1. The molecule has 1 amide bonds. The summed E-state index contributed by atoms with van der Waals surface area (Å²) in [7, 11) is 4.42. The van der Waals surface area contributed by atoms with E-state index in [1.165, 1.54) is 33.5 Å². The van der Waals surface area contributed by atoms with Crippen LogP contribution in [0.3, 0.4) is 0 Å². The van der Waals surface area contributed by atoms with Gasteiger partial charge in [-0.25, -0.2) is 4.79 Å². The summed E-state index contributed by atoms with van der Waals surface area (Å²) < 4.78 is 21.4. The quantitative estimate of drug-likeness (QED) is 0.212. The average molecular weight is 485 g/mol. The van der Waals surface area contributed by atoms with Crippen LogP contribution in [0.2, 0.25) is 0 Å². The summed E-state index contributed by atoms with van der Waals surface area (Å²) in [5.74, 6) is 0.363. The fraction of sp³-hybridized carbons (Fsp3) is 0.179. The topological polar surface area (TPSA) is 98.1 Å². The zero-order valence-electron chi connectivity index (χ0n) is 20.1. The van der Waals surface area contributed by atoms with E-state index < -0.39 is 5.97 Å². The Morgan fingerprint density at radius 2 is 1.58 bits per heavy atom. The van der Waals surface area contributed by atoms with Crippen molar-refractivity contribution in [2.75, 3.05) is 32.8 Å². The molecule has 1 aliphatic rings. The molecule has 4 rings (SSSR count). The van der Waals surface area contributed by atoms with Crippen LogP contribution < -0.4 is 23.8 Å². The van der Waals surface area contributed by atoms with Crippen LogP contribution in [0.25, 0.3) is 6.08 Å². The van der Waals surface area contributed by atoms with Crippen LogP contribution in [0, 0.1) is 11.3 Å². The number of rotatable bonds is 7. The summed E-state index contributed by atoms with van der Waals surface area (Å²) in [5.41, 5.74) is 2.70. The van der Waals surface area contributed by atoms with Crippen LogP contribution in [0.4, 0.5) is 5.69 Å². The number of carbonyl (C=O) groups excluding carboxylic acids is 2. The van der Waals surface area contributed by atoms with Crippen molar-refractivity contribution < 1.29 is 28.5 Å². The van der Waals surface area contributed by atoms with E-state index in [1.807, 2.05) is 30.3 Å². The van der Waals surface area contributed by atoms with Gasteiger partial charge in [0.25, 0.3) is 5.91 Å². The van der Waals surface area contributed by atoms with E-state index in [1.54, 1.807) is 35.2 Å². The third-order valence-corrected chi connectivity index (χ3v) is 5.80. The highest BCUT2D eigenvalue weighted by Gasteiger charge is 2.26. The maximum atomic E-state index is 13.1. The number of ether oxygens (including phenoxy) is 4. The number of methoxy groups -OCH3 is 3. The van der Waals surface area contributed by atoms with E-state index >= 15 is 0 Å². The zero-order chi connectivity index (χ0) is 25.7. The Balaban J connectivity index is 1.55. The Hall–Kier alpha value is -4.77. The monoisotopic (exact) mass is 484 g/mol. The van der Waals surface area contributed by atoms with Crippen LogP contribution in [0.1, 0.15) is 21.5 Å². The minimum atomic E-state index is -0.613. The predicted molar refractivity (Wildman–Crippen MR) is 134 cm³/mol. The molecule has 3 aromatic carbocycles. The predicted octanol–water partition coefficient (Wildman–Crippen LogP) is 4.43. The van der Waals surface area contributed by atoms with Crippen molar-refractivity contribution in [1.29, 1.82) is 5.26 Å². The number of anilines is 1. The van der Waals surface area contributed by atoms with Gasteiger partial charge in [0.1, 0.15) is 11.6 Å². The molecule has 0 spiro atoms. The highest BCUT2D eigenvalue weighted by atomic mass is 16.6. The lowest BCUT2D eigenvalue weighted by Crippen LogP contribution is -2.29. The highest BCUT2D eigenvalue weighted by molar-refractivity contribution is 6.12. The summed E-state index contributed by atoms with van der Waals surface area (Å²) in [4.78, 5) is 27.4. The number of benzene rings is 3. The molecule has 0 radical (unpaired) electrons. The first-order valence-electron chi connectivity index (χ1n) is 11.1. The number of nitrogens with zero attached hydrogens (tertiary/aromatic N) is 2. The first-order valence-corrected chi connectivity index (χ1v) is 11.1. The lowest BCUT2D eigenvalue weighted by atomic mass is 10.1. The molecule has 0 atom stereocenters.